The molecule has 0 amide bonds. The summed E-state index contributed by atoms with van der Waals surface area (Å²) in [6.45, 7) is 1.96. The summed E-state index contributed by atoms with van der Waals surface area (Å²) >= 11 is 0. The number of aromatic nitrogens is 5. The first-order chi connectivity index (χ1) is 14.2. The molecule has 0 radical (unpaired) electrons. The summed E-state index contributed by atoms with van der Waals surface area (Å²) in [6, 6.07) is 11.8. The van der Waals surface area contributed by atoms with Crippen molar-refractivity contribution in [2.45, 2.75) is 13.0 Å². The van der Waals surface area contributed by atoms with Crippen molar-refractivity contribution in [2.24, 2.45) is 0 Å². The van der Waals surface area contributed by atoms with Crippen molar-refractivity contribution in [3.63, 3.8) is 0 Å². The Labute approximate surface area is 167 Å². The molecule has 3 aromatic heterocycles. The average molecular weight is 387 g/mol. The number of rotatable bonds is 6. The molecule has 4 rings (SSSR count). The molecule has 0 aliphatic heterocycles. The molecular formula is C21H18FN7. The van der Waals surface area contributed by atoms with E-state index in [1.165, 1.54) is 12.1 Å². The minimum absolute atomic E-state index is 0.118. The molecule has 0 aliphatic rings. The number of nitrogens with zero attached hydrogens (tertiary/aromatic N) is 5. The van der Waals surface area contributed by atoms with E-state index in [0.29, 0.717) is 17.6 Å². The van der Waals surface area contributed by atoms with E-state index in [0.717, 1.165) is 16.8 Å². The van der Waals surface area contributed by atoms with Gasteiger partial charge in [-0.15, -0.1) is 0 Å². The quantitative estimate of drug-likeness (QED) is 0.507. The third-order valence-corrected chi connectivity index (χ3v) is 4.24. The Morgan fingerprint density at radius 1 is 0.862 bits per heavy atom. The molecule has 0 aliphatic carbocycles. The molecule has 0 saturated heterocycles. The molecule has 7 nitrogen and oxygen atoms in total. The highest BCUT2D eigenvalue weighted by molar-refractivity contribution is 5.66. The summed E-state index contributed by atoms with van der Waals surface area (Å²) in [5, 5.41) is 6.42. The second-order valence-electron chi connectivity index (χ2n) is 6.33. The van der Waals surface area contributed by atoms with E-state index in [1.807, 2.05) is 25.1 Å². The first kappa shape index (κ1) is 18.4. The summed E-state index contributed by atoms with van der Waals surface area (Å²) in [6.07, 6.45) is 8.24. The van der Waals surface area contributed by atoms with Crippen LogP contribution in [-0.2, 0) is 0 Å². The van der Waals surface area contributed by atoms with Gasteiger partial charge < -0.3 is 10.6 Å². The van der Waals surface area contributed by atoms with Gasteiger partial charge in [0.25, 0.3) is 0 Å². The van der Waals surface area contributed by atoms with Crippen molar-refractivity contribution < 1.29 is 4.39 Å². The van der Waals surface area contributed by atoms with Gasteiger partial charge in [0, 0.05) is 36.4 Å². The fourth-order valence-electron chi connectivity index (χ4n) is 2.77. The normalized spacial score (nSPS) is 11.7. The van der Waals surface area contributed by atoms with Gasteiger partial charge in [0.2, 0.25) is 5.95 Å². The van der Waals surface area contributed by atoms with Gasteiger partial charge in [-0.1, -0.05) is 12.1 Å². The predicted octanol–water partition coefficient (Wildman–Crippen LogP) is 4.38. The largest absolute Gasteiger partial charge is 0.348 e. The highest BCUT2D eigenvalue weighted by atomic mass is 19.1. The maximum Gasteiger partial charge on any atom is 0.225 e. The van der Waals surface area contributed by atoms with Crippen LogP contribution in [0.2, 0.25) is 0 Å². The van der Waals surface area contributed by atoms with E-state index in [-0.39, 0.29) is 11.9 Å². The topological polar surface area (TPSA) is 88.5 Å². The van der Waals surface area contributed by atoms with Crippen LogP contribution < -0.4 is 10.6 Å². The maximum atomic E-state index is 13.2. The van der Waals surface area contributed by atoms with Gasteiger partial charge >= 0.3 is 0 Å². The molecular weight excluding hydrogens is 369 g/mol. The van der Waals surface area contributed by atoms with Gasteiger partial charge in [0.05, 0.1) is 17.9 Å². The summed E-state index contributed by atoms with van der Waals surface area (Å²) in [5.74, 6) is 1.31. The molecule has 4 aromatic rings. The van der Waals surface area contributed by atoms with E-state index in [2.05, 4.69) is 35.6 Å². The molecule has 144 valence electrons. The van der Waals surface area contributed by atoms with Gasteiger partial charge in [0.1, 0.15) is 17.5 Å². The number of hydrogen-bond acceptors (Lipinski definition) is 7. The van der Waals surface area contributed by atoms with Crippen molar-refractivity contribution in [3.05, 3.63) is 84.8 Å². The summed E-state index contributed by atoms with van der Waals surface area (Å²) in [4.78, 5) is 21.5. The van der Waals surface area contributed by atoms with Gasteiger partial charge in [0.15, 0.2) is 0 Å². The lowest BCUT2D eigenvalue weighted by molar-refractivity contribution is 0.626. The summed E-state index contributed by atoms with van der Waals surface area (Å²) in [5.41, 5.74) is 2.55. The molecule has 0 saturated carbocycles. The number of anilines is 3. The molecule has 29 heavy (non-hydrogen) atoms. The van der Waals surface area contributed by atoms with E-state index in [1.54, 1.807) is 43.1 Å². The number of hydrogen-bond donors (Lipinski definition) is 2. The van der Waals surface area contributed by atoms with Crippen LogP contribution in [0.1, 0.15) is 18.5 Å². The Hall–Kier alpha value is -3.94. The standard InChI is InChI=1S/C21H18FN7/c1-14(15-2-4-17(22)5-3-15)26-21-27-18(16-6-8-23-9-7-16)12-19(29-21)28-20-13-24-10-11-25-20/h2-14H,1H3,(H2,25,26,27,28,29)/t14-/m0/s1. The Morgan fingerprint density at radius 3 is 2.38 bits per heavy atom. The first-order valence-corrected chi connectivity index (χ1v) is 9.02. The smallest absolute Gasteiger partial charge is 0.225 e. The molecule has 2 N–H and O–H groups in total. The van der Waals surface area contributed by atoms with Crippen LogP contribution >= 0.6 is 0 Å². The van der Waals surface area contributed by atoms with Gasteiger partial charge in [-0.2, -0.15) is 4.98 Å². The molecule has 1 aromatic carbocycles. The Balaban J connectivity index is 1.66. The highest BCUT2D eigenvalue weighted by Crippen LogP contribution is 2.24. The van der Waals surface area contributed by atoms with Crippen molar-refractivity contribution in [3.8, 4) is 11.3 Å². The fraction of sp³-hybridized carbons (Fsp3) is 0.0952. The zero-order valence-electron chi connectivity index (χ0n) is 15.6. The second kappa shape index (κ2) is 8.39. The number of halogens is 1. The number of nitrogens with one attached hydrogen (secondary N) is 2. The predicted molar refractivity (Wildman–Crippen MR) is 109 cm³/mol. The van der Waals surface area contributed by atoms with Crippen LogP contribution in [0.25, 0.3) is 11.3 Å². The van der Waals surface area contributed by atoms with E-state index >= 15 is 0 Å². The minimum Gasteiger partial charge on any atom is -0.348 e. The van der Waals surface area contributed by atoms with Crippen LogP contribution in [-0.4, -0.2) is 24.9 Å². The van der Waals surface area contributed by atoms with Crippen LogP contribution in [0.3, 0.4) is 0 Å². The summed E-state index contributed by atoms with van der Waals surface area (Å²) in [7, 11) is 0. The zero-order valence-corrected chi connectivity index (χ0v) is 15.6. The molecule has 3 heterocycles. The SMILES string of the molecule is C[C@H](Nc1nc(Nc2cnccn2)cc(-c2ccncc2)n1)c1ccc(F)cc1. The van der Waals surface area contributed by atoms with Crippen molar-refractivity contribution in [1.82, 2.24) is 24.9 Å². The number of benzene rings is 1. The Kier molecular flexibility index (Phi) is 5.33. The molecule has 0 spiro atoms. The molecule has 1 atom stereocenters. The van der Waals surface area contributed by atoms with E-state index < -0.39 is 0 Å². The molecule has 0 fully saturated rings. The van der Waals surface area contributed by atoms with Crippen molar-refractivity contribution >= 4 is 17.6 Å². The fourth-order valence-corrected chi connectivity index (χ4v) is 2.77. The monoisotopic (exact) mass is 387 g/mol. The average Bonchev–Trinajstić information content (AvgIpc) is 2.75. The van der Waals surface area contributed by atoms with Crippen LogP contribution in [0.5, 0.6) is 0 Å². The molecule has 0 bridgehead atoms. The third-order valence-electron chi connectivity index (χ3n) is 4.24. The summed E-state index contributed by atoms with van der Waals surface area (Å²) < 4.78 is 13.2. The van der Waals surface area contributed by atoms with Crippen molar-refractivity contribution in [1.29, 1.82) is 0 Å². The Bertz CT molecular complexity index is 1070. The second-order valence-corrected chi connectivity index (χ2v) is 6.33. The first-order valence-electron chi connectivity index (χ1n) is 9.02. The van der Waals surface area contributed by atoms with Gasteiger partial charge in [-0.25, -0.2) is 14.4 Å². The zero-order chi connectivity index (χ0) is 20.1. The molecule has 0 unspecified atom stereocenters. The lowest BCUT2D eigenvalue weighted by Gasteiger charge is -2.16. The van der Waals surface area contributed by atoms with Crippen LogP contribution in [0.4, 0.5) is 22.0 Å². The van der Waals surface area contributed by atoms with E-state index in [4.69, 9.17) is 0 Å². The van der Waals surface area contributed by atoms with Gasteiger partial charge in [-0.05, 0) is 36.8 Å². The lowest BCUT2D eigenvalue weighted by atomic mass is 10.1. The van der Waals surface area contributed by atoms with Crippen LogP contribution in [0, 0.1) is 5.82 Å². The van der Waals surface area contributed by atoms with Gasteiger partial charge in [-0.3, -0.25) is 9.97 Å². The molecule has 8 heteroatoms. The maximum absolute atomic E-state index is 13.2. The van der Waals surface area contributed by atoms with Crippen molar-refractivity contribution in [2.75, 3.05) is 10.6 Å². The lowest BCUT2D eigenvalue weighted by Crippen LogP contribution is -2.11. The Morgan fingerprint density at radius 2 is 1.66 bits per heavy atom. The number of pyridine rings is 1. The van der Waals surface area contributed by atoms with E-state index in [9.17, 15) is 4.39 Å². The minimum atomic E-state index is -0.271. The highest BCUT2D eigenvalue weighted by Gasteiger charge is 2.11. The third kappa shape index (κ3) is 4.67. The van der Waals surface area contributed by atoms with Crippen LogP contribution in [0.15, 0.2) is 73.4 Å².